The van der Waals surface area contributed by atoms with Crippen LogP contribution in [0.2, 0.25) is 0 Å². The van der Waals surface area contributed by atoms with Crippen LogP contribution in [0.3, 0.4) is 0 Å². The first-order valence-electron chi connectivity index (χ1n) is 15.0. The summed E-state index contributed by atoms with van der Waals surface area (Å²) in [5.74, 6) is -1.19. The predicted molar refractivity (Wildman–Crippen MR) is 170 cm³/mol. The molecule has 14 heteroatoms. The van der Waals surface area contributed by atoms with Crippen molar-refractivity contribution >= 4 is 23.4 Å². The molecule has 2 aromatic heterocycles. The third-order valence-electron chi connectivity index (χ3n) is 7.64. The molecule has 1 saturated heterocycles. The van der Waals surface area contributed by atoms with Crippen molar-refractivity contribution in [3.8, 4) is 22.9 Å². The lowest BCUT2D eigenvalue weighted by Crippen LogP contribution is -2.38. The molecule has 0 radical (unpaired) electrons. The number of aliphatic hydroxyl groups excluding tert-OH is 2. The number of likely N-dealkylation sites (tertiary alicyclic amines) is 1. The predicted octanol–water partition coefficient (Wildman–Crippen LogP) is 4.68. The first-order chi connectivity index (χ1) is 22.6. The standard InChI is InChI=1S/C33H36F2N6O6/c1-19-4-6-24(34)27(12-19)40-33(45)39-26-7-5-22(15-25(26)35)47-23-8-10-36-29(16-23)28-13-20(17-38-28)31(43)37-9-3-11-41-18-21(42)14-30(41)32(44)46-2/h4-8,10,12-13,15-17,21,30-31,37-38,42-43H,3,9,11,14,18H2,1-2H3,(H2,39,40,45)/t21-,30+,31?/m1/s1. The van der Waals surface area contributed by atoms with Gasteiger partial charge in [-0.25, -0.2) is 13.6 Å². The molecular formula is C33H36F2N6O6. The number of anilines is 2. The van der Waals surface area contributed by atoms with Gasteiger partial charge in [0, 0.05) is 49.6 Å². The maximum atomic E-state index is 14.8. The number of nitrogens with one attached hydrogen (secondary N) is 4. The number of H-pyrrole nitrogens is 1. The molecule has 2 aromatic carbocycles. The minimum absolute atomic E-state index is 0.0252. The Kier molecular flexibility index (Phi) is 10.8. The van der Waals surface area contributed by atoms with Crippen molar-refractivity contribution in [3.05, 3.63) is 89.8 Å². The number of benzene rings is 2. The summed E-state index contributed by atoms with van der Waals surface area (Å²) in [5.41, 5.74) is 2.31. The Hall–Kier alpha value is -4.89. The number of amides is 2. The number of ether oxygens (including phenoxy) is 2. The van der Waals surface area contributed by atoms with Crippen LogP contribution in [-0.2, 0) is 9.53 Å². The average molecular weight is 651 g/mol. The van der Waals surface area contributed by atoms with Gasteiger partial charge in [-0.15, -0.1) is 0 Å². The number of pyridine rings is 1. The maximum absolute atomic E-state index is 14.8. The van der Waals surface area contributed by atoms with E-state index in [0.717, 1.165) is 11.6 Å². The van der Waals surface area contributed by atoms with Gasteiger partial charge in [-0.2, -0.15) is 0 Å². The molecule has 5 rings (SSSR count). The van der Waals surface area contributed by atoms with E-state index in [9.17, 15) is 28.6 Å². The number of methoxy groups -OCH3 is 1. The summed E-state index contributed by atoms with van der Waals surface area (Å²) in [5, 5.41) is 28.4. The highest BCUT2D eigenvalue weighted by Gasteiger charge is 2.36. The number of aromatic nitrogens is 2. The van der Waals surface area contributed by atoms with Gasteiger partial charge in [-0.3, -0.25) is 20.0 Å². The van der Waals surface area contributed by atoms with E-state index in [1.54, 1.807) is 37.4 Å². The third kappa shape index (κ3) is 8.68. The first kappa shape index (κ1) is 33.5. The molecule has 1 fully saturated rings. The molecule has 1 unspecified atom stereocenters. The highest BCUT2D eigenvalue weighted by Crippen LogP contribution is 2.29. The second kappa shape index (κ2) is 15.1. The molecule has 1 aliphatic heterocycles. The van der Waals surface area contributed by atoms with Crippen LogP contribution in [0.5, 0.6) is 11.5 Å². The Morgan fingerprint density at radius 1 is 1.06 bits per heavy atom. The molecule has 248 valence electrons. The fraction of sp³-hybridized carbons (Fsp3) is 0.303. The summed E-state index contributed by atoms with van der Waals surface area (Å²) in [7, 11) is 1.33. The van der Waals surface area contributed by atoms with Crippen LogP contribution >= 0.6 is 0 Å². The zero-order chi connectivity index (χ0) is 33.5. The second-order valence-corrected chi connectivity index (χ2v) is 11.2. The minimum atomic E-state index is -0.965. The largest absolute Gasteiger partial charge is 0.468 e. The lowest BCUT2D eigenvalue weighted by molar-refractivity contribution is -0.145. The number of halogens is 2. The number of hydrogen-bond acceptors (Lipinski definition) is 9. The number of carbonyl (C=O) groups excluding carboxylic acids is 2. The number of aryl methyl sites for hydroxylation is 1. The van der Waals surface area contributed by atoms with Crippen LogP contribution < -0.4 is 20.7 Å². The van der Waals surface area contributed by atoms with E-state index in [4.69, 9.17) is 9.47 Å². The molecule has 1 aliphatic rings. The van der Waals surface area contributed by atoms with Crippen LogP contribution in [0.15, 0.2) is 67.0 Å². The van der Waals surface area contributed by atoms with Gasteiger partial charge in [-0.1, -0.05) is 6.07 Å². The van der Waals surface area contributed by atoms with Crippen LogP contribution in [0.25, 0.3) is 11.4 Å². The summed E-state index contributed by atoms with van der Waals surface area (Å²) in [6, 6.07) is 11.9. The van der Waals surface area contributed by atoms with Crippen molar-refractivity contribution in [1.82, 2.24) is 20.2 Å². The van der Waals surface area contributed by atoms with Crippen molar-refractivity contribution in [2.45, 2.75) is 38.1 Å². The Bertz CT molecular complexity index is 1720. The average Bonchev–Trinajstić information content (AvgIpc) is 3.69. The second-order valence-electron chi connectivity index (χ2n) is 11.2. The number of carbonyl (C=O) groups is 2. The lowest BCUT2D eigenvalue weighted by Gasteiger charge is -2.22. The summed E-state index contributed by atoms with van der Waals surface area (Å²) in [6.07, 6.45) is 2.61. The Morgan fingerprint density at radius 2 is 1.85 bits per heavy atom. The fourth-order valence-corrected chi connectivity index (χ4v) is 5.29. The molecule has 4 aromatic rings. The van der Waals surface area contributed by atoms with Crippen molar-refractivity contribution in [1.29, 1.82) is 0 Å². The van der Waals surface area contributed by atoms with E-state index in [-0.39, 0.29) is 23.1 Å². The van der Waals surface area contributed by atoms with Crippen molar-refractivity contribution in [2.75, 3.05) is 37.4 Å². The monoisotopic (exact) mass is 650 g/mol. The number of hydrogen-bond donors (Lipinski definition) is 6. The maximum Gasteiger partial charge on any atom is 0.323 e. The van der Waals surface area contributed by atoms with Crippen molar-refractivity contribution in [2.24, 2.45) is 0 Å². The number of aliphatic hydroxyl groups is 2. The Balaban J connectivity index is 1.13. The van der Waals surface area contributed by atoms with Crippen molar-refractivity contribution < 1.29 is 38.1 Å². The molecule has 0 saturated carbocycles. The van der Waals surface area contributed by atoms with Gasteiger partial charge in [0.25, 0.3) is 0 Å². The van der Waals surface area contributed by atoms with E-state index < -0.39 is 36.0 Å². The smallest absolute Gasteiger partial charge is 0.323 e. The molecule has 0 aliphatic carbocycles. The van der Waals surface area contributed by atoms with Gasteiger partial charge in [0.2, 0.25) is 0 Å². The molecule has 47 heavy (non-hydrogen) atoms. The number of aromatic amines is 1. The molecule has 0 spiro atoms. The number of nitrogens with zero attached hydrogens (tertiary/aromatic N) is 2. The minimum Gasteiger partial charge on any atom is -0.468 e. The van der Waals surface area contributed by atoms with Crippen molar-refractivity contribution in [3.63, 3.8) is 0 Å². The summed E-state index contributed by atoms with van der Waals surface area (Å²) >= 11 is 0. The summed E-state index contributed by atoms with van der Waals surface area (Å²) in [4.78, 5) is 33.6. The highest BCUT2D eigenvalue weighted by atomic mass is 19.1. The van der Waals surface area contributed by atoms with Gasteiger partial charge < -0.3 is 35.3 Å². The SMILES string of the molecule is COC(=O)[C@@H]1C[C@@H](O)CN1CCCNC(O)c1c[nH]c(-c2cc(Oc3ccc(NC(=O)Nc4cc(C)ccc4F)c(F)c3)ccn2)c1. The molecular weight excluding hydrogens is 614 g/mol. The summed E-state index contributed by atoms with van der Waals surface area (Å²) < 4.78 is 39.4. The first-order valence-corrected chi connectivity index (χ1v) is 15.0. The fourth-order valence-electron chi connectivity index (χ4n) is 5.29. The zero-order valence-electron chi connectivity index (χ0n) is 25.8. The van der Waals surface area contributed by atoms with E-state index in [2.05, 4.69) is 25.9 Å². The van der Waals surface area contributed by atoms with Gasteiger partial charge in [0.1, 0.15) is 35.4 Å². The number of β-amino-alcohol motifs (C(OH)–C–C–N with tert-alkyl or cyclic N) is 1. The Morgan fingerprint density at radius 3 is 2.64 bits per heavy atom. The van der Waals surface area contributed by atoms with E-state index in [1.165, 1.54) is 37.6 Å². The zero-order valence-corrected chi connectivity index (χ0v) is 25.8. The van der Waals surface area contributed by atoms with Crippen LogP contribution in [0.1, 0.15) is 30.2 Å². The third-order valence-corrected chi connectivity index (χ3v) is 7.64. The molecule has 12 nitrogen and oxygen atoms in total. The van der Waals surface area contributed by atoms with Gasteiger partial charge >= 0.3 is 12.0 Å². The normalized spacial score (nSPS) is 16.9. The van der Waals surface area contributed by atoms with Crippen LogP contribution in [0.4, 0.5) is 25.0 Å². The highest BCUT2D eigenvalue weighted by molar-refractivity contribution is 6.00. The number of esters is 1. The molecule has 3 heterocycles. The van der Waals surface area contributed by atoms with Crippen LogP contribution in [-0.4, -0.2) is 76.0 Å². The number of urea groups is 1. The van der Waals surface area contributed by atoms with Gasteiger partial charge in [0.05, 0.1) is 36.0 Å². The number of rotatable bonds is 12. The van der Waals surface area contributed by atoms with E-state index in [1.807, 2.05) is 4.90 Å². The lowest BCUT2D eigenvalue weighted by atomic mass is 10.2. The Labute approximate surface area is 269 Å². The molecule has 2 amide bonds. The van der Waals surface area contributed by atoms with Gasteiger partial charge in [0.15, 0.2) is 0 Å². The van der Waals surface area contributed by atoms with Crippen LogP contribution in [0, 0.1) is 18.6 Å². The van der Waals surface area contributed by atoms with E-state index in [0.29, 0.717) is 55.2 Å². The quantitative estimate of drug-likeness (QED) is 0.0727. The van der Waals surface area contributed by atoms with Gasteiger partial charge in [-0.05, 0) is 61.9 Å². The molecule has 6 N–H and O–H groups in total. The molecule has 3 atom stereocenters. The summed E-state index contributed by atoms with van der Waals surface area (Å²) in [6.45, 7) is 3.17. The topological polar surface area (TPSA) is 161 Å². The van der Waals surface area contributed by atoms with E-state index >= 15 is 0 Å². The molecule has 0 bridgehead atoms.